The molecule has 3 heterocycles. The van der Waals surface area contributed by atoms with E-state index in [0.717, 1.165) is 43.5 Å². The van der Waals surface area contributed by atoms with Gasteiger partial charge in [0, 0.05) is 36.9 Å². The fourth-order valence-electron chi connectivity index (χ4n) is 6.09. The van der Waals surface area contributed by atoms with E-state index in [9.17, 15) is 9.90 Å². The van der Waals surface area contributed by atoms with Crippen LogP contribution in [0, 0.1) is 13.8 Å². The van der Waals surface area contributed by atoms with Crippen LogP contribution in [0.2, 0.25) is 10.2 Å². The van der Waals surface area contributed by atoms with Gasteiger partial charge in [-0.05, 0) is 88.9 Å². The zero-order valence-corrected chi connectivity index (χ0v) is 24.5. The fraction of sp³-hybridized carbons (Fsp3) is 0.586. The number of carbonyl (C=O) groups excluding carboxylic acids is 1. The molecule has 2 aliphatic heterocycles. The van der Waals surface area contributed by atoms with E-state index in [0.29, 0.717) is 24.2 Å². The number of hydrogen-bond acceptors (Lipinski definition) is 6. The first-order valence-corrected chi connectivity index (χ1v) is 14.3. The number of ether oxygens (including phenoxy) is 1. The molecule has 2 saturated heterocycles. The van der Waals surface area contributed by atoms with Gasteiger partial charge in [-0.1, -0.05) is 36.2 Å². The van der Waals surface area contributed by atoms with Crippen molar-refractivity contribution in [2.24, 2.45) is 0 Å². The van der Waals surface area contributed by atoms with Crippen molar-refractivity contribution in [3.63, 3.8) is 0 Å². The molecule has 7 nitrogen and oxygen atoms in total. The molecule has 38 heavy (non-hydrogen) atoms. The second-order valence-electron chi connectivity index (χ2n) is 10.9. The van der Waals surface area contributed by atoms with Gasteiger partial charge in [0.05, 0.1) is 10.6 Å². The molecule has 0 aliphatic carbocycles. The number of aliphatic hydroxyl groups is 1. The first kappa shape index (κ1) is 29.1. The van der Waals surface area contributed by atoms with Gasteiger partial charge in [0.25, 0.3) is 5.91 Å². The minimum Gasteiger partial charge on any atom is -0.491 e. The van der Waals surface area contributed by atoms with Crippen LogP contribution in [-0.4, -0.2) is 76.8 Å². The first-order chi connectivity index (χ1) is 18.1. The number of piperidine rings is 1. The van der Waals surface area contributed by atoms with Crippen LogP contribution in [0.3, 0.4) is 0 Å². The van der Waals surface area contributed by atoms with Gasteiger partial charge >= 0.3 is 0 Å². The smallest absolute Gasteiger partial charge is 0.253 e. The highest BCUT2D eigenvalue weighted by Crippen LogP contribution is 2.43. The van der Waals surface area contributed by atoms with Crippen LogP contribution in [-0.2, 0) is 0 Å². The maximum Gasteiger partial charge on any atom is 0.253 e. The highest BCUT2D eigenvalue weighted by molar-refractivity contribution is 6.41. The quantitative estimate of drug-likeness (QED) is 0.388. The zero-order valence-electron chi connectivity index (χ0n) is 23.0. The van der Waals surface area contributed by atoms with E-state index < -0.39 is 6.10 Å². The predicted molar refractivity (Wildman–Crippen MR) is 152 cm³/mol. The van der Waals surface area contributed by atoms with Crippen molar-refractivity contribution in [1.29, 1.82) is 0 Å². The van der Waals surface area contributed by atoms with E-state index in [-0.39, 0.29) is 34.8 Å². The van der Waals surface area contributed by atoms with Crippen molar-refractivity contribution in [3.8, 4) is 5.75 Å². The normalized spacial score (nSPS) is 22.9. The molecule has 0 saturated carbocycles. The summed E-state index contributed by atoms with van der Waals surface area (Å²) < 4.78 is 6.01. The van der Waals surface area contributed by atoms with E-state index in [1.165, 1.54) is 17.3 Å². The van der Waals surface area contributed by atoms with Crippen molar-refractivity contribution >= 4 is 29.1 Å². The molecular weight excluding hydrogens is 523 g/mol. The second kappa shape index (κ2) is 12.5. The Morgan fingerprint density at radius 3 is 2.55 bits per heavy atom. The van der Waals surface area contributed by atoms with Crippen molar-refractivity contribution in [1.82, 2.24) is 20.1 Å². The second-order valence-corrected chi connectivity index (χ2v) is 11.6. The summed E-state index contributed by atoms with van der Waals surface area (Å²) in [5.74, 6) is 0.674. The Balaban J connectivity index is 1.39. The number of likely N-dealkylation sites (N-methyl/N-ethyl adjacent to an activating group) is 1. The molecule has 1 amide bonds. The Bertz CT molecular complexity index is 1130. The lowest BCUT2D eigenvalue weighted by Crippen LogP contribution is -2.51. The number of amides is 1. The number of aliphatic hydroxyl groups excluding tert-OH is 1. The molecule has 2 bridgehead atoms. The highest BCUT2D eigenvalue weighted by atomic mass is 35.5. The van der Waals surface area contributed by atoms with Crippen molar-refractivity contribution in [2.75, 3.05) is 26.7 Å². The summed E-state index contributed by atoms with van der Waals surface area (Å²) in [7, 11) is 1.99. The molecule has 1 aromatic carbocycles. The number of carbonyl (C=O) groups is 1. The largest absolute Gasteiger partial charge is 0.491 e. The molecule has 9 heteroatoms. The SMILES string of the molecule is CCN(C)C[C@H](O)COc1ccc(C(C)N2C3CCC2CC(NC(=O)c2cnc(Cl)c(Cl)c2)C3)c(C)c1C. The zero-order chi connectivity index (χ0) is 27.6. The summed E-state index contributed by atoms with van der Waals surface area (Å²) in [4.78, 5) is 21.6. The van der Waals surface area contributed by atoms with Gasteiger partial charge in [-0.3, -0.25) is 9.69 Å². The summed E-state index contributed by atoms with van der Waals surface area (Å²) in [6, 6.07) is 7.02. The van der Waals surface area contributed by atoms with Crippen LogP contribution in [0.5, 0.6) is 5.75 Å². The van der Waals surface area contributed by atoms with Crippen LogP contribution in [0.4, 0.5) is 0 Å². The molecule has 208 valence electrons. The Morgan fingerprint density at radius 2 is 1.92 bits per heavy atom. The average Bonchev–Trinajstić information content (AvgIpc) is 3.16. The Labute approximate surface area is 236 Å². The van der Waals surface area contributed by atoms with Crippen LogP contribution in [0.15, 0.2) is 24.4 Å². The van der Waals surface area contributed by atoms with Crippen LogP contribution in [0.1, 0.15) is 72.6 Å². The molecule has 2 aromatic rings. The summed E-state index contributed by atoms with van der Waals surface area (Å²) in [6.45, 7) is 10.4. The maximum atomic E-state index is 12.8. The third-order valence-corrected chi connectivity index (χ3v) is 9.04. The average molecular weight is 564 g/mol. The van der Waals surface area contributed by atoms with Gasteiger partial charge in [0.2, 0.25) is 0 Å². The Morgan fingerprint density at radius 1 is 1.24 bits per heavy atom. The van der Waals surface area contributed by atoms with Gasteiger partial charge in [-0.2, -0.15) is 0 Å². The number of aromatic nitrogens is 1. The van der Waals surface area contributed by atoms with Gasteiger partial charge in [-0.25, -0.2) is 4.98 Å². The van der Waals surface area contributed by atoms with Crippen molar-refractivity contribution in [2.45, 2.75) is 83.6 Å². The van der Waals surface area contributed by atoms with Gasteiger partial charge in [-0.15, -0.1) is 0 Å². The van der Waals surface area contributed by atoms with E-state index in [2.05, 4.69) is 53.9 Å². The Hall–Kier alpha value is -1.90. The maximum absolute atomic E-state index is 12.8. The van der Waals surface area contributed by atoms with Crippen LogP contribution in [0.25, 0.3) is 0 Å². The number of halogens is 2. The minimum absolute atomic E-state index is 0.120. The number of pyridine rings is 1. The van der Waals surface area contributed by atoms with Gasteiger partial charge in [0.15, 0.2) is 0 Å². The molecule has 1 aromatic heterocycles. The van der Waals surface area contributed by atoms with Crippen LogP contribution < -0.4 is 10.1 Å². The molecule has 0 radical (unpaired) electrons. The minimum atomic E-state index is -0.524. The standard InChI is InChI=1S/C29H40Cl2N4O3/c1-6-34(5)15-24(36)16-38-27-10-9-25(17(2)18(27)3)19(4)35-22-7-8-23(35)13-21(12-22)33-29(37)20-11-26(30)28(31)32-14-20/h9-11,14,19,21-24,36H,6-8,12-13,15-16H2,1-5H3,(H,33,37)/t19?,21?,22?,23?,24-/m0/s1. The number of nitrogens with one attached hydrogen (secondary N) is 1. The summed E-state index contributed by atoms with van der Waals surface area (Å²) in [6.07, 6.45) is 5.06. The number of rotatable bonds is 10. The third-order valence-electron chi connectivity index (χ3n) is 8.35. The predicted octanol–water partition coefficient (Wildman–Crippen LogP) is 5.18. The van der Waals surface area contributed by atoms with Gasteiger partial charge in [0.1, 0.15) is 23.6 Å². The highest BCUT2D eigenvalue weighted by Gasteiger charge is 2.43. The molecule has 2 aliphatic rings. The third kappa shape index (κ3) is 6.45. The van der Waals surface area contributed by atoms with E-state index in [4.69, 9.17) is 27.9 Å². The first-order valence-electron chi connectivity index (χ1n) is 13.6. The molecule has 2 fully saturated rings. The molecule has 0 spiro atoms. The number of hydrogen-bond donors (Lipinski definition) is 2. The van der Waals surface area contributed by atoms with E-state index in [1.807, 2.05) is 13.1 Å². The molecule has 3 unspecified atom stereocenters. The molecule has 4 rings (SSSR count). The lowest BCUT2D eigenvalue weighted by Gasteiger charge is -2.43. The summed E-state index contributed by atoms with van der Waals surface area (Å²) >= 11 is 12.0. The lowest BCUT2D eigenvalue weighted by atomic mass is 9.91. The number of nitrogens with zero attached hydrogens (tertiary/aromatic N) is 3. The molecule has 4 atom stereocenters. The number of fused-ring (bicyclic) bond motifs is 2. The van der Waals surface area contributed by atoms with Crippen molar-refractivity contribution < 1.29 is 14.6 Å². The topological polar surface area (TPSA) is 77.9 Å². The molecule has 2 N–H and O–H groups in total. The monoisotopic (exact) mass is 562 g/mol. The summed E-state index contributed by atoms with van der Waals surface area (Å²) in [5.41, 5.74) is 4.09. The Kier molecular flexibility index (Phi) is 9.58. The summed E-state index contributed by atoms with van der Waals surface area (Å²) in [5, 5.41) is 14.0. The van der Waals surface area contributed by atoms with E-state index >= 15 is 0 Å². The fourth-order valence-corrected chi connectivity index (χ4v) is 6.36. The van der Waals surface area contributed by atoms with Gasteiger partial charge < -0.3 is 20.1 Å². The van der Waals surface area contributed by atoms with Crippen LogP contribution >= 0.6 is 23.2 Å². The van der Waals surface area contributed by atoms with Crippen molar-refractivity contribution in [3.05, 3.63) is 56.8 Å². The lowest BCUT2D eigenvalue weighted by molar-refractivity contribution is 0.0686. The number of benzene rings is 1. The van der Waals surface area contributed by atoms with E-state index in [1.54, 1.807) is 6.07 Å². The molecular formula is C29H40Cl2N4O3.